The van der Waals surface area contributed by atoms with E-state index in [4.69, 9.17) is 14.0 Å². The summed E-state index contributed by atoms with van der Waals surface area (Å²) >= 11 is 0. The number of hydrogen-bond acceptors (Lipinski definition) is 6. The highest BCUT2D eigenvalue weighted by atomic mass is 32.2. The van der Waals surface area contributed by atoms with Gasteiger partial charge in [0.15, 0.2) is 0 Å². The molecule has 0 unspecified atom stereocenters. The van der Waals surface area contributed by atoms with Crippen LogP contribution in [0.4, 0.5) is 10.5 Å². The second-order valence-corrected chi connectivity index (χ2v) is 12.4. The SMILES string of the molecule is CC(C)(C)OC(=O)N1CC=C(c2ccc(B3OC(C)(C)C(C)(C)O3)cc2NS(C)(=O)=O)CC1. The number of carbonyl (C=O) groups excluding carboxylic acids is 1. The summed E-state index contributed by atoms with van der Waals surface area (Å²) in [7, 11) is -4.12. The van der Waals surface area contributed by atoms with Crippen molar-refractivity contribution in [2.45, 2.75) is 71.7 Å². The summed E-state index contributed by atoms with van der Waals surface area (Å²) in [4.78, 5) is 14.0. The lowest BCUT2D eigenvalue weighted by Crippen LogP contribution is -2.41. The highest BCUT2D eigenvalue weighted by Crippen LogP contribution is 2.37. The van der Waals surface area contributed by atoms with Gasteiger partial charge in [0.05, 0.1) is 23.1 Å². The summed E-state index contributed by atoms with van der Waals surface area (Å²) in [6.07, 6.45) is 3.28. The van der Waals surface area contributed by atoms with Crippen LogP contribution >= 0.6 is 0 Å². The van der Waals surface area contributed by atoms with Crippen molar-refractivity contribution in [3.8, 4) is 0 Å². The van der Waals surface area contributed by atoms with Gasteiger partial charge in [0.2, 0.25) is 10.0 Å². The van der Waals surface area contributed by atoms with Crippen LogP contribution in [0.5, 0.6) is 0 Å². The number of rotatable bonds is 4. The third-order valence-corrected chi connectivity index (χ3v) is 6.66. The predicted molar refractivity (Wildman–Crippen MR) is 131 cm³/mol. The zero-order valence-corrected chi connectivity index (χ0v) is 21.6. The van der Waals surface area contributed by atoms with Gasteiger partial charge in [-0.3, -0.25) is 4.72 Å². The lowest BCUT2D eigenvalue weighted by Gasteiger charge is -2.32. The van der Waals surface area contributed by atoms with Gasteiger partial charge in [-0.2, -0.15) is 0 Å². The first-order chi connectivity index (χ1) is 15.0. The Bertz CT molecular complexity index is 1040. The maximum Gasteiger partial charge on any atom is 0.494 e. The summed E-state index contributed by atoms with van der Waals surface area (Å²) in [5.41, 5.74) is 1.36. The van der Waals surface area contributed by atoms with Gasteiger partial charge in [0.25, 0.3) is 0 Å². The van der Waals surface area contributed by atoms with E-state index in [0.717, 1.165) is 22.9 Å². The number of benzene rings is 1. The number of carbonyl (C=O) groups is 1. The zero-order valence-electron chi connectivity index (χ0n) is 20.8. The van der Waals surface area contributed by atoms with Gasteiger partial charge >= 0.3 is 13.2 Å². The third-order valence-electron chi connectivity index (χ3n) is 6.07. The van der Waals surface area contributed by atoms with Crippen molar-refractivity contribution in [3.63, 3.8) is 0 Å². The smallest absolute Gasteiger partial charge is 0.444 e. The maximum absolute atomic E-state index is 12.4. The Morgan fingerprint density at radius 3 is 2.24 bits per heavy atom. The van der Waals surface area contributed by atoms with E-state index in [9.17, 15) is 13.2 Å². The quantitative estimate of drug-likeness (QED) is 0.667. The molecule has 3 rings (SSSR count). The third kappa shape index (κ3) is 6.10. The molecular weight excluding hydrogens is 443 g/mol. The van der Waals surface area contributed by atoms with E-state index in [-0.39, 0.29) is 6.09 Å². The van der Waals surface area contributed by atoms with E-state index in [0.29, 0.717) is 25.2 Å². The van der Waals surface area contributed by atoms with Crippen molar-refractivity contribution in [3.05, 3.63) is 29.8 Å². The molecule has 2 aliphatic rings. The molecule has 1 aromatic rings. The fraction of sp³-hybridized carbons (Fsp3) is 0.609. The molecule has 0 aromatic heterocycles. The first-order valence-electron chi connectivity index (χ1n) is 11.1. The van der Waals surface area contributed by atoms with Crippen LogP contribution < -0.4 is 10.2 Å². The average Bonchev–Trinajstić information content (AvgIpc) is 2.86. The molecule has 1 amide bonds. The van der Waals surface area contributed by atoms with E-state index in [1.54, 1.807) is 11.0 Å². The Hall–Kier alpha value is -2.04. The van der Waals surface area contributed by atoms with Gasteiger partial charge in [-0.05, 0) is 72.0 Å². The van der Waals surface area contributed by atoms with Crippen molar-refractivity contribution in [2.75, 3.05) is 24.1 Å². The molecule has 1 fully saturated rings. The molecule has 182 valence electrons. The van der Waals surface area contributed by atoms with Crippen LogP contribution in [0.2, 0.25) is 0 Å². The molecule has 1 saturated heterocycles. The molecule has 0 spiro atoms. The van der Waals surface area contributed by atoms with E-state index >= 15 is 0 Å². The van der Waals surface area contributed by atoms with E-state index in [2.05, 4.69) is 4.72 Å². The molecule has 0 atom stereocenters. The number of hydrogen-bond donors (Lipinski definition) is 1. The topological polar surface area (TPSA) is 94.2 Å². The fourth-order valence-electron chi connectivity index (χ4n) is 3.66. The molecule has 0 aliphatic carbocycles. The average molecular weight is 478 g/mol. The minimum atomic E-state index is -3.51. The zero-order chi connectivity index (χ0) is 24.8. The molecular formula is C23H35BN2O6S. The fourth-order valence-corrected chi connectivity index (χ4v) is 4.23. The summed E-state index contributed by atoms with van der Waals surface area (Å²) in [6.45, 7) is 14.3. The molecule has 2 heterocycles. The van der Waals surface area contributed by atoms with Crippen molar-refractivity contribution in [2.24, 2.45) is 0 Å². The maximum atomic E-state index is 12.4. The standard InChI is InChI=1S/C23H35BN2O6S/c1-21(2,3)30-20(27)26-13-11-16(12-14-26)18-10-9-17(15-19(18)25-33(8,28)29)24-31-22(4,5)23(6,7)32-24/h9-11,15,25H,12-14H2,1-8H3. The van der Waals surface area contributed by atoms with Crippen molar-refractivity contribution in [1.82, 2.24) is 4.90 Å². The molecule has 2 aliphatic heterocycles. The van der Waals surface area contributed by atoms with Crippen molar-refractivity contribution < 1.29 is 27.3 Å². The van der Waals surface area contributed by atoms with Crippen LogP contribution in [-0.2, 0) is 24.1 Å². The number of amides is 1. The van der Waals surface area contributed by atoms with Crippen LogP contribution in [0.15, 0.2) is 24.3 Å². The summed E-state index contributed by atoms with van der Waals surface area (Å²) in [5, 5.41) is 0. The second kappa shape index (κ2) is 8.63. The molecule has 33 heavy (non-hydrogen) atoms. The molecule has 0 saturated carbocycles. The van der Waals surface area contributed by atoms with Gasteiger partial charge < -0.3 is 18.9 Å². The Kier molecular flexibility index (Phi) is 6.69. The normalized spacial score (nSPS) is 20.4. The predicted octanol–water partition coefficient (Wildman–Crippen LogP) is 3.38. The Morgan fingerprint density at radius 2 is 1.76 bits per heavy atom. The van der Waals surface area contributed by atoms with Crippen LogP contribution in [0.3, 0.4) is 0 Å². The highest BCUT2D eigenvalue weighted by Gasteiger charge is 2.51. The number of nitrogens with zero attached hydrogens (tertiary/aromatic N) is 1. The van der Waals surface area contributed by atoms with Crippen molar-refractivity contribution in [1.29, 1.82) is 0 Å². The molecule has 0 radical (unpaired) electrons. The van der Waals surface area contributed by atoms with Gasteiger partial charge in [-0.1, -0.05) is 18.2 Å². The van der Waals surface area contributed by atoms with E-state index < -0.39 is 33.9 Å². The lowest BCUT2D eigenvalue weighted by molar-refractivity contribution is 0.00578. The number of anilines is 1. The summed E-state index contributed by atoms with van der Waals surface area (Å²) in [5.74, 6) is 0. The lowest BCUT2D eigenvalue weighted by atomic mass is 9.78. The van der Waals surface area contributed by atoms with Crippen LogP contribution in [0.25, 0.3) is 5.57 Å². The van der Waals surface area contributed by atoms with E-state index in [1.165, 1.54) is 0 Å². The first kappa shape index (κ1) is 25.6. The number of nitrogens with one attached hydrogen (secondary N) is 1. The number of sulfonamides is 1. The largest absolute Gasteiger partial charge is 0.494 e. The summed E-state index contributed by atoms with van der Waals surface area (Å²) < 4.78 is 44.5. The second-order valence-electron chi connectivity index (χ2n) is 10.7. The Morgan fingerprint density at radius 1 is 1.15 bits per heavy atom. The van der Waals surface area contributed by atoms with Crippen LogP contribution in [0.1, 0.15) is 60.5 Å². The molecule has 10 heteroatoms. The van der Waals surface area contributed by atoms with Crippen LogP contribution in [-0.4, -0.2) is 62.7 Å². The molecule has 1 N–H and O–H groups in total. The Labute approximate surface area is 197 Å². The molecule has 8 nitrogen and oxygen atoms in total. The highest BCUT2D eigenvalue weighted by molar-refractivity contribution is 7.92. The van der Waals surface area contributed by atoms with Crippen LogP contribution in [0, 0.1) is 0 Å². The van der Waals surface area contributed by atoms with E-state index in [1.807, 2.05) is 66.7 Å². The minimum absolute atomic E-state index is 0.358. The van der Waals surface area contributed by atoms with Gasteiger partial charge in [-0.15, -0.1) is 0 Å². The Balaban J connectivity index is 1.88. The summed E-state index contributed by atoms with van der Waals surface area (Å²) in [6, 6.07) is 5.54. The van der Waals surface area contributed by atoms with Crippen molar-refractivity contribution >= 4 is 40.0 Å². The monoisotopic (exact) mass is 478 g/mol. The molecule has 0 bridgehead atoms. The minimum Gasteiger partial charge on any atom is -0.444 e. The van der Waals surface area contributed by atoms with Gasteiger partial charge in [-0.25, -0.2) is 13.2 Å². The molecule has 1 aromatic carbocycles. The van der Waals surface area contributed by atoms with Gasteiger partial charge in [0, 0.05) is 18.7 Å². The first-order valence-corrected chi connectivity index (χ1v) is 13.0. The van der Waals surface area contributed by atoms with Gasteiger partial charge in [0.1, 0.15) is 5.60 Å². The number of ether oxygens (including phenoxy) is 1.